The molecule has 0 aromatic rings. The number of carbonyl (C=O) groups excluding carboxylic acids is 1. The molecule has 168 valence electrons. The Kier molecular flexibility index (Phi) is 23.5. The van der Waals surface area contributed by atoms with Crippen LogP contribution >= 0.6 is 0 Å². The molecule has 0 saturated heterocycles. The molecule has 0 rings (SSSR count). The molecule has 2 amide bonds. The molecule has 0 aliphatic rings. The molecule has 0 atom stereocenters. The molecule has 3 N–H and O–H groups in total. The Morgan fingerprint density at radius 2 is 1.07 bits per heavy atom. The molecule has 0 unspecified atom stereocenters. The van der Waals surface area contributed by atoms with Crippen LogP contribution in [0.5, 0.6) is 0 Å². The molecular formula is C23H48N2O3. The zero-order chi connectivity index (χ0) is 20.5. The first kappa shape index (κ1) is 27.2. The fraction of sp³-hybridized carbons (Fsp3) is 0.957. The highest BCUT2D eigenvalue weighted by Crippen LogP contribution is 2.13. The first-order valence-corrected chi connectivity index (χ1v) is 12.0. The van der Waals surface area contributed by atoms with Gasteiger partial charge >= 0.3 is 6.03 Å². The van der Waals surface area contributed by atoms with Crippen LogP contribution in [0.2, 0.25) is 0 Å². The van der Waals surface area contributed by atoms with Gasteiger partial charge in [-0.1, -0.05) is 103 Å². The van der Waals surface area contributed by atoms with E-state index in [0.29, 0.717) is 19.8 Å². The largest absolute Gasteiger partial charge is 0.394 e. The SMILES string of the molecule is CCCCCCCCCCCCCCCCCCNC(=O)NCCOCCO. The molecule has 0 radical (unpaired) electrons. The molecule has 5 nitrogen and oxygen atoms in total. The predicted octanol–water partition coefficient (Wildman–Crippen LogP) is 5.56. The first-order chi connectivity index (χ1) is 13.8. The van der Waals surface area contributed by atoms with E-state index in [4.69, 9.17) is 9.84 Å². The summed E-state index contributed by atoms with van der Waals surface area (Å²) in [5.74, 6) is 0. The van der Waals surface area contributed by atoms with Gasteiger partial charge in [0.2, 0.25) is 0 Å². The van der Waals surface area contributed by atoms with Gasteiger partial charge in [0, 0.05) is 13.1 Å². The minimum atomic E-state index is -0.131. The van der Waals surface area contributed by atoms with Crippen molar-refractivity contribution >= 4 is 6.03 Å². The number of unbranched alkanes of at least 4 members (excludes halogenated alkanes) is 15. The van der Waals surface area contributed by atoms with Gasteiger partial charge in [-0.15, -0.1) is 0 Å². The van der Waals surface area contributed by atoms with Crippen LogP contribution < -0.4 is 10.6 Å². The van der Waals surface area contributed by atoms with Crippen molar-refractivity contribution in [2.24, 2.45) is 0 Å². The van der Waals surface area contributed by atoms with Crippen molar-refractivity contribution in [1.82, 2.24) is 10.6 Å². The molecular weight excluding hydrogens is 352 g/mol. The smallest absolute Gasteiger partial charge is 0.314 e. The van der Waals surface area contributed by atoms with E-state index in [1.54, 1.807) is 0 Å². The van der Waals surface area contributed by atoms with E-state index in [9.17, 15) is 4.79 Å². The molecule has 0 saturated carbocycles. The Morgan fingerprint density at radius 3 is 1.54 bits per heavy atom. The second-order valence-electron chi connectivity index (χ2n) is 7.82. The van der Waals surface area contributed by atoms with Crippen LogP contribution in [-0.2, 0) is 4.74 Å². The summed E-state index contributed by atoms with van der Waals surface area (Å²) >= 11 is 0. The molecule has 0 bridgehead atoms. The van der Waals surface area contributed by atoms with E-state index < -0.39 is 0 Å². The Labute approximate surface area is 174 Å². The maximum Gasteiger partial charge on any atom is 0.314 e. The number of carbonyl (C=O) groups is 1. The maximum absolute atomic E-state index is 11.5. The lowest BCUT2D eigenvalue weighted by molar-refractivity contribution is 0.0947. The quantitative estimate of drug-likeness (QED) is 0.208. The fourth-order valence-electron chi connectivity index (χ4n) is 3.34. The number of hydrogen-bond donors (Lipinski definition) is 3. The van der Waals surface area contributed by atoms with Gasteiger partial charge in [0.25, 0.3) is 0 Å². The Hall–Kier alpha value is -0.810. The predicted molar refractivity (Wildman–Crippen MR) is 119 cm³/mol. The van der Waals surface area contributed by atoms with Crippen molar-refractivity contribution in [2.45, 2.75) is 110 Å². The summed E-state index contributed by atoms with van der Waals surface area (Å²) in [6.45, 7) is 4.27. The second kappa shape index (κ2) is 24.2. The van der Waals surface area contributed by atoms with Crippen LogP contribution in [0.1, 0.15) is 110 Å². The van der Waals surface area contributed by atoms with Gasteiger partial charge in [-0.2, -0.15) is 0 Å². The summed E-state index contributed by atoms with van der Waals surface area (Å²) in [6, 6.07) is -0.131. The maximum atomic E-state index is 11.5. The molecule has 0 aromatic carbocycles. The third kappa shape index (κ3) is 23.2. The first-order valence-electron chi connectivity index (χ1n) is 12.0. The molecule has 0 heterocycles. The highest BCUT2D eigenvalue weighted by Gasteiger charge is 1.99. The highest BCUT2D eigenvalue weighted by atomic mass is 16.5. The van der Waals surface area contributed by atoms with E-state index in [0.717, 1.165) is 13.0 Å². The Balaban J connectivity index is 3.09. The van der Waals surface area contributed by atoms with Gasteiger partial charge in [-0.25, -0.2) is 4.79 Å². The van der Waals surface area contributed by atoms with Crippen LogP contribution in [0.15, 0.2) is 0 Å². The van der Waals surface area contributed by atoms with E-state index in [1.165, 1.54) is 96.3 Å². The number of ether oxygens (including phenoxy) is 1. The van der Waals surface area contributed by atoms with E-state index in [1.807, 2.05) is 0 Å². The molecule has 5 heteroatoms. The van der Waals surface area contributed by atoms with Crippen molar-refractivity contribution in [3.63, 3.8) is 0 Å². The van der Waals surface area contributed by atoms with Crippen molar-refractivity contribution in [2.75, 3.05) is 32.9 Å². The summed E-state index contributed by atoms with van der Waals surface area (Å²) in [5.41, 5.74) is 0. The monoisotopic (exact) mass is 400 g/mol. The Bertz CT molecular complexity index is 314. The van der Waals surface area contributed by atoms with Gasteiger partial charge in [0.05, 0.1) is 19.8 Å². The van der Waals surface area contributed by atoms with Crippen molar-refractivity contribution in [3.05, 3.63) is 0 Å². The van der Waals surface area contributed by atoms with Gasteiger partial charge in [-0.3, -0.25) is 0 Å². The third-order valence-electron chi connectivity index (χ3n) is 5.08. The summed E-state index contributed by atoms with van der Waals surface area (Å²) < 4.78 is 5.08. The number of aliphatic hydroxyl groups is 1. The van der Waals surface area contributed by atoms with E-state index in [-0.39, 0.29) is 12.6 Å². The number of amides is 2. The van der Waals surface area contributed by atoms with Crippen LogP contribution in [0, 0.1) is 0 Å². The van der Waals surface area contributed by atoms with Crippen LogP contribution in [-0.4, -0.2) is 44.0 Å². The standard InChI is InChI=1S/C23H48N2O3/c1-2-3-4-5-6-7-8-9-10-11-12-13-14-15-16-17-18-24-23(27)25-19-21-28-22-20-26/h26H,2-22H2,1H3,(H2,24,25,27). The number of nitrogens with one attached hydrogen (secondary N) is 2. The average Bonchev–Trinajstić information content (AvgIpc) is 2.70. The molecule has 0 aliphatic carbocycles. The summed E-state index contributed by atoms with van der Waals surface area (Å²) in [4.78, 5) is 11.5. The number of aliphatic hydroxyl groups excluding tert-OH is 1. The van der Waals surface area contributed by atoms with Crippen molar-refractivity contribution in [3.8, 4) is 0 Å². The Morgan fingerprint density at radius 1 is 0.643 bits per heavy atom. The molecule has 0 aromatic heterocycles. The summed E-state index contributed by atoms with van der Waals surface area (Å²) in [5, 5.41) is 14.2. The topological polar surface area (TPSA) is 70.6 Å². The second-order valence-corrected chi connectivity index (χ2v) is 7.82. The van der Waals surface area contributed by atoms with Gasteiger partial charge in [0.15, 0.2) is 0 Å². The fourth-order valence-corrected chi connectivity index (χ4v) is 3.34. The minimum Gasteiger partial charge on any atom is -0.394 e. The van der Waals surface area contributed by atoms with Gasteiger partial charge in [-0.05, 0) is 6.42 Å². The lowest BCUT2D eigenvalue weighted by Gasteiger charge is -2.08. The van der Waals surface area contributed by atoms with Gasteiger partial charge < -0.3 is 20.5 Å². The van der Waals surface area contributed by atoms with Crippen LogP contribution in [0.4, 0.5) is 4.79 Å². The minimum absolute atomic E-state index is 0.0193. The third-order valence-corrected chi connectivity index (χ3v) is 5.08. The molecule has 0 fully saturated rings. The molecule has 0 spiro atoms. The average molecular weight is 401 g/mol. The zero-order valence-electron chi connectivity index (χ0n) is 18.6. The van der Waals surface area contributed by atoms with Crippen molar-refractivity contribution < 1.29 is 14.6 Å². The number of rotatable bonds is 22. The lowest BCUT2D eigenvalue weighted by Crippen LogP contribution is -2.37. The molecule has 0 aliphatic heterocycles. The highest BCUT2D eigenvalue weighted by molar-refractivity contribution is 5.73. The number of hydrogen-bond acceptors (Lipinski definition) is 3. The lowest BCUT2D eigenvalue weighted by atomic mass is 10.0. The van der Waals surface area contributed by atoms with Crippen LogP contribution in [0.25, 0.3) is 0 Å². The summed E-state index contributed by atoms with van der Waals surface area (Å²) in [6.07, 6.45) is 21.8. The number of urea groups is 1. The van der Waals surface area contributed by atoms with Gasteiger partial charge in [0.1, 0.15) is 0 Å². The van der Waals surface area contributed by atoms with E-state index in [2.05, 4.69) is 17.6 Å². The van der Waals surface area contributed by atoms with E-state index >= 15 is 0 Å². The van der Waals surface area contributed by atoms with Crippen LogP contribution in [0.3, 0.4) is 0 Å². The normalized spacial score (nSPS) is 10.9. The van der Waals surface area contributed by atoms with Crippen molar-refractivity contribution in [1.29, 1.82) is 0 Å². The zero-order valence-corrected chi connectivity index (χ0v) is 18.6. The molecule has 28 heavy (non-hydrogen) atoms. The summed E-state index contributed by atoms with van der Waals surface area (Å²) in [7, 11) is 0.